The number of carbonyl (C=O) groups is 6. The van der Waals surface area contributed by atoms with Crippen molar-refractivity contribution < 1.29 is 38.2 Å². The Balaban J connectivity index is 0.775. The summed E-state index contributed by atoms with van der Waals surface area (Å²) in [7, 11) is 8.67. The van der Waals surface area contributed by atoms with E-state index >= 15 is 0 Å². The number of Topliss-reactive ketones (excluding diaryl/α,β-unsaturated/α-hetero) is 1. The van der Waals surface area contributed by atoms with E-state index in [0.717, 1.165) is 71.9 Å². The van der Waals surface area contributed by atoms with Gasteiger partial charge < -0.3 is 29.2 Å². The third-order valence-corrected chi connectivity index (χ3v) is 12.4. The van der Waals surface area contributed by atoms with Crippen molar-refractivity contribution in [1.82, 2.24) is 29.6 Å². The molecule has 16 heteroatoms. The number of unbranched alkanes of at least 4 members (excludes halogenated alkanes) is 6. The van der Waals surface area contributed by atoms with Crippen LogP contribution in [0.2, 0.25) is 0 Å². The maximum atomic E-state index is 13.5. The van der Waals surface area contributed by atoms with E-state index in [-0.39, 0.29) is 60.2 Å². The molecule has 8 rings (SSSR count). The number of hydrogen-bond donors (Lipinski definition) is 3. The topological polar surface area (TPSA) is 190 Å². The van der Waals surface area contributed by atoms with E-state index in [9.17, 15) is 33.6 Å². The minimum absolute atomic E-state index is 0.00807. The number of rotatable bonds is 21. The molecule has 5 amide bonds. The van der Waals surface area contributed by atoms with E-state index in [1.807, 2.05) is 54.2 Å². The van der Waals surface area contributed by atoms with E-state index in [1.165, 1.54) is 6.07 Å². The number of imide groups is 2. The van der Waals surface area contributed by atoms with Crippen LogP contribution in [0.3, 0.4) is 0 Å². The van der Waals surface area contributed by atoms with E-state index in [0.29, 0.717) is 42.2 Å². The SMILES string of the molecule is COc1cc(-c2cn(C)c(=O)c3c2ccn3C)cc(OC)c1CN(C)CC(=O)NCCCCCCCCCC(=O)CNc1cccc2c1C(=O)N(C13CC(C1)C(=O)NC3=O)C2=O. The molecule has 2 saturated heterocycles. The largest absolute Gasteiger partial charge is 0.496 e. The van der Waals surface area contributed by atoms with Gasteiger partial charge in [-0.1, -0.05) is 38.2 Å². The molecule has 3 aliphatic heterocycles. The zero-order valence-corrected chi connectivity index (χ0v) is 36.1. The number of pyridine rings is 1. The van der Waals surface area contributed by atoms with Crippen LogP contribution in [0.15, 0.2) is 53.6 Å². The van der Waals surface area contributed by atoms with Crippen LogP contribution in [0.25, 0.3) is 22.0 Å². The van der Waals surface area contributed by atoms with Crippen molar-refractivity contribution in [2.45, 2.75) is 76.3 Å². The highest BCUT2D eigenvalue weighted by Crippen LogP contribution is 2.49. The number of nitrogens with one attached hydrogen (secondary N) is 3. The van der Waals surface area contributed by atoms with Gasteiger partial charge >= 0.3 is 0 Å². The molecule has 2 aromatic carbocycles. The molecule has 4 aromatic rings. The first-order valence-corrected chi connectivity index (χ1v) is 21.3. The number of anilines is 1. The van der Waals surface area contributed by atoms with Gasteiger partial charge in [-0.15, -0.1) is 0 Å². The summed E-state index contributed by atoms with van der Waals surface area (Å²) in [4.78, 5) is 92.8. The molecule has 328 valence electrons. The minimum Gasteiger partial charge on any atom is -0.496 e. The fraction of sp³-hybridized carbons (Fsp3) is 0.457. The smallest absolute Gasteiger partial charge is 0.274 e. The lowest BCUT2D eigenvalue weighted by Crippen LogP contribution is -2.74. The van der Waals surface area contributed by atoms with Gasteiger partial charge in [-0.25, -0.2) is 0 Å². The number of nitrogens with zero attached hydrogens (tertiary/aromatic N) is 4. The van der Waals surface area contributed by atoms with Gasteiger partial charge in [0, 0.05) is 68.6 Å². The summed E-state index contributed by atoms with van der Waals surface area (Å²) in [6.45, 7) is 1.21. The molecule has 62 heavy (non-hydrogen) atoms. The van der Waals surface area contributed by atoms with Gasteiger partial charge in [-0.05, 0) is 68.6 Å². The molecule has 4 aliphatic rings. The number of carbonyl (C=O) groups excluding carboxylic acids is 6. The average Bonchev–Trinajstić information content (AvgIpc) is 3.74. The second kappa shape index (κ2) is 18.4. The third kappa shape index (κ3) is 8.47. The zero-order chi connectivity index (χ0) is 44.3. The summed E-state index contributed by atoms with van der Waals surface area (Å²) < 4.78 is 15.0. The Kier molecular flexibility index (Phi) is 13.0. The van der Waals surface area contributed by atoms with Crippen molar-refractivity contribution in [3.05, 3.63) is 75.8 Å². The first-order valence-electron chi connectivity index (χ1n) is 21.3. The Bertz CT molecular complexity index is 2470. The lowest BCUT2D eigenvalue weighted by Gasteiger charge is -2.52. The van der Waals surface area contributed by atoms with Crippen LogP contribution < -0.4 is 31.0 Å². The molecule has 2 aromatic heterocycles. The normalized spacial score (nSPS) is 17.9. The standard InChI is InChI=1S/C46H55N7O9/c1-50(25-34-36(61-4)20-28(21-37(34)62-5)33-26-52(3)44(59)40-31(33)17-19-51(40)2)27-38(55)47-18-12-10-8-6-7-9-11-14-30(54)24-48-35-16-13-15-32-39(35)43(58)53(42(32)57)46-22-29(23-46)41(56)49-45(46)60/h13,15-17,19-21,26,29,48H,6-12,14,18,22-25,27H2,1-5H3,(H,47,55)(H,49,56,60). The number of hydrogen-bond acceptors (Lipinski definition) is 11. The molecule has 0 atom stereocenters. The lowest BCUT2D eigenvalue weighted by atomic mass is 9.63. The fourth-order valence-corrected chi connectivity index (χ4v) is 9.06. The number of amides is 5. The highest BCUT2D eigenvalue weighted by molar-refractivity contribution is 6.27. The third-order valence-electron chi connectivity index (χ3n) is 12.4. The first-order chi connectivity index (χ1) is 29.8. The number of piperidine rings is 2. The van der Waals surface area contributed by atoms with Crippen LogP contribution in [0, 0.1) is 5.92 Å². The second-order valence-electron chi connectivity index (χ2n) is 16.8. The Hall–Kier alpha value is -6.29. The molecule has 3 N–H and O–H groups in total. The Morgan fingerprint density at radius 2 is 1.55 bits per heavy atom. The summed E-state index contributed by atoms with van der Waals surface area (Å²) in [5, 5.41) is 9.19. The van der Waals surface area contributed by atoms with Gasteiger partial charge in [0.15, 0.2) is 5.78 Å². The van der Waals surface area contributed by atoms with Crippen molar-refractivity contribution >= 4 is 51.9 Å². The van der Waals surface area contributed by atoms with Gasteiger partial charge in [0.05, 0.1) is 44.0 Å². The van der Waals surface area contributed by atoms with Crippen LogP contribution in [0.5, 0.6) is 11.5 Å². The minimum atomic E-state index is -1.35. The van der Waals surface area contributed by atoms with Crippen LogP contribution in [0.4, 0.5) is 5.69 Å². The molecular weight excluding hydrogens is 795 g/mol. The molecule has 2 bridgehead atoms. The fourth-order valence-electron chi connectivity index (χ4n) is 9.06. The molecular formula is C46H55N7O9. The number of benzene rings is 2. The van der Waals surface area contributed by atoms with E-state index < -0.39 is 29.2 Å². The number of likely N-dealkylation sites (N-methyl/N-ethyl adjacent to an activating group) is 1. The maximum absolute atomic E-state index is 13.5. The van der Waals surface area contributed by atoms with E-state index in [4.69, 9.17) is 9.47 Å². The van der Waals surface area contributed by atoms with Crippen LogP contribution in [0.1, 0.15) is 90.5 Å². The quantitative estimate of drug-likeness (QED) is 0.0801. The van der Waals surface area contributed by atoms with Crippen molar-refractivity contribution in [3.63, 3.8) is 0 Å². The highest BCUT2D eigenvalue weighted by Gasteiger charge is 2.65. The van der Waals surface area contributed by atoms with Crippen molar-refractivity contribution in [1.29, 1.82) is 0 Å². The number of ether oxygens (including phenoxy) is 2. The second-order valence-corrected chi connectivity index (χ2v) is 16.8. The van der Waals surface area contributed by atoms with Gasteiger partial charge in [-0.3, -0.25) is 48.7 Å². The summed E-state index contributed by atoms with van der Waals surface area (Å²) in [6.07, 6.45) is 10.9. The first kappa shape index (κ1) is 43.8. The van der Waals surface area contributed by atoms with Crippen molar-refractivity contribution in [3.8, 4) is 22.6 Å². The zero-order valence-electron chi connectivity index (χ0n) is 36.1. The predicted octanol–water partition coefficient (Wildman–Crippen LogP) is 4.31. The Labute approximate surface area is 359 Å². The Morgan fingerprint density at radius 3 is 2.23 bits per heavy atom. The van der Waals surface area contributed by atoms with Crippen LogP contribution >= 0.6 is 0 Å². The molecule has 16 nitrogen and oxygen atoms in total. The number of fused-ring (bicyclic) bond motifs is 4. The van der Waals surface area contributed by atoms with Crippen LogP contribution in [-0.2, 0) is 39.8 Å². The van der Waals surface area contributed by atoms with Gasteiger partial charge in [0.2, 0.25) is 11.8 Å². The van der Waals surface area contributed by atoms with E-state index in [1.54, 1.807) is 38.0 Å². The molecule has 0 radical (unpaired) electrons. The molecule has 5 heterocycles. The van der Waals surface area contributed by atoms with Crippen molar-refractivity contribution in [2.24, 2.45) is 20.0 Å². The summed E-state index contributed by atoms with van der Waals surface area (Å²) in [5.41, 5.74) is 2.43. The Morgan fingerprint density at radius 1 is 0.871 bits per heavy atom. The lowest BCUT2D eigenvalue weighted by molar-refractivity contribution is -0.158. The summed E-state index contributed by atoms with van der Waals surface area (Å²) in [6, 6.07) is 10.6. The highest BCUT2D eigenvalue weighted by atomic mass is 16.5. The predicted molar refractivity (Wildman–Crippen MR) is 232 cm³/mol. The molecule has 0 spiro atoms. The van der Waals surface area contributed by atoms with Gasteiger partial charge in [0.25, 0.3) is 23.3 Å². The van der Waals surface area contributed by atoms with E-state index in [2.05, 4.69) is 16.0 Å². The molecule has 1 aliphatic carbocycles. The van der Waals surface area contributed by atoms with Gasteiger partial charge in [-0.2, -0.15) is 0 Å². The number of ketones is 1. The number of aromatic nitrogens is 2. The average molecular weight is 850 g/mol. The summed E-state index contributed by atoms with van der Waals surface area (Å²) in [5.74, 6) is -1.38. The van der Waals surface area contributed by atoms with Crippen LogP contribution in [-0.4, -0.2) is 101 Å². The maximum Gasteiger partial charge on any atom is 0.274 e. The number of aryl methyl sites for hydroxylation is 2. The number of methoxy groups -OCH3 is 2. The van der Waals surface area contributed by atoms with Crippen molar-refractivity contribution in [2.75, 3.05) is 46.2 Å². The molecule has 1 saturated carbocycles. The summed E-state index contributed by atoms with van der Waals surface area (Å²) >= 11 is 0. The van der Waals surface area contributed by atoms with Gasteiger partial charge in [0.1, 0.15) is 22.6 Å². The monoisotopic (exact) mass is 849 g/mol. The molecule has 3 fully saturated rings. The molecule has 0 unspecified atom stereocenters.